The molecule has 0 aliphatic carbocycles. The molecule has 0 aliphatic heterocycles. The lowest BCUT2D eigenvalue weighted by molar-refractivity contribution is -0.387. The van der Waals surface area contributed by atoms with Crippen LogP contribution in [0.4, 0.5) is 11.5 Å². The third-order valence-electron chi connectivity index (χ3n) is 2.16. The molecule has 0 unspecified atom stereocenters. The van der Waals surface area contributed by atoms with Crippen LogP contribution >= 0.6 is 11.8 Å². The topological polar surface area (TPSA) is 94.9 Å². The average Bonchev–Trinajstić information content (AvgIpc) is 2.38. The Morgan fingerprint density at radius 1 is 1.28 bits per heavy atom. The Morgan fingerprint density at radius 3 is 2.72 bits per heavy atom. The summed E-state index contributed by atoms with van der Waals surface area (Å²) in [6.07, 6.45) is 3.03. The molecule has 0 atom stereocenters. The van der Waals surface area contributed by atoms with Gasteiger partial charge in [-0.25, -0.2) is 4.98 Å². The van der Waals surface area contributed by atoms with Gasteiger partial charge in [0.1, 0.15) is 5.82 Å². The minimum absolute atomic E-state index is 0.103. The lowest BCUT2D eigenvalue weighted by Crippen LogP contribution is -1.95. The van der Waals surface area contributed by atoms with Crippen molar-refractivity contribution < 1.29 is 4.92 Å². The molecule has 7 heteroatoms. The van der Waals surface area contributed by atoms with Crippen LogP contribution in [0.1, 0.15) is 5.69 Å². The third-order valence-corrected chi connectivity index (χ3v) is 3.26. The second-order valence-corrected chi connectivity index (χ2v) is 4.46. The maximum Gasteiger partial charge on any atom is 0.282 e. The van der Waals surface area contributed by atoms with Crippen molar-refractivity contribution in [1.82, 2.24) is 9.97 Å². The van der Waals surface area contributed by atoms with Crippen molar-refractivity contribution in [2.24, 2.45) is 0 Å². The first-order chi connectivity index (χ1) is 8.66. The van der Waals surface area contributed by atoms with E-state index < -0.39 is 4.92 Å². The summed E-state index contributed by atoms with van der Waals surface area (Å²) in [6, 6.07) is 6.61. The maximum atomic E-state index is 10.8. The molecule has 0 aliphatic rings. The molecule has 0 bridgehead atoms. The van der Waals surface area contributed by atoms with E-state index >= 15 is 0 Å². The van der Waals surface area contributed by atoms with Crippen molar-refractivity contribution in [1.29, 1.82) is 0 Å². The Kier molecular flexibility index (Phi) is 3.73. The molecule has 0 amide bonds. The van der Waals surface area contributed by atoms with Crippen LogP contribution < -0.4 is 5.73 Å². The molecular formula is C11H10N4O2S. The number of nitrogens with zero attached hydrogens (tertiary/aromatic N) is 3. The normalized spacial score (nSPS) is 10.2. The van der Waals surface area contributed by atoms with Crippen LogP contribution in [0.5, 0.6) is 0 Å². The number of nitro benzene ring substituents is 1. The molecule has 0 saturated carbocycles. The Labute approximate surface area is 107 Å². The summed E-state index contributed by atoms with van der Waals surface area (Å²) in [5.74, 6) is 0.868. The molecule has 0 spiro atoms. The highest BCUT2D eigenvalue weighted by molar-refractivity contribution is 7.98. The second kappa shape index (κ2) is 5.46. The van der Waals surface area contributed by atoms with Crippen molar-refractivity contribution in [3.63, 3.8) is 0 Å². The molecule has 1 aromatic heterocycles. The van der Waals surface area contributed by atoms with E-state index in [4.69, 9.17) is 5.73 Å². The number of thioether (sulfide) groups is 1. The molecule has 2 aromatic rings. The zero-order chi connectivity index (χ0) is 13.0. The van der Waals surface area contributed by atoms with E-state index in [-0.39, 0.29) is 5.69 Å². The highest BCUT2D eigenvalue weighted by atomic mass is 32.2. The van der Waals surface area contributed by atoms with E-state index in [2.05, 4.69) is 9.97 Å². The summed E-state index contributed by atoms with van der Waals surface area (Å²) in [5, 5.41) is 10.8. The summed E-state index contributed by atoms with van der Waals surface area (Å²) >= 11 is 1.35. The van der Waals surface area contributed by atoms with E-state index in [1.807, 2.05) is 0 Å². The standard InChI is InChI=1S/C11H10N4O2S/c12-11-6-13-8(5-14-11)7-18-10-4-2-1-3-9(10)15(16)17/h1-6H,7H2,(H2,12,14). The Morgan fingerprint density at radius 2 is 2.06 bits per heavy atom. The van der Waals surface area contributed by atoms with Gasteiger partial charge in [-0.2, -0.15) is 0 Å². The molecule has 18 heavy (non-hydrogen) atoms. The van der Waals surface area contributed by atoms with Gasteiger partial charge in [-0.3, -0.25) is 15.1 Å². The minimum atomic E-state index is -0.392. The van der Waals surface area contributed by atoms with Crippen LogP contribution in [0.3, 0.4) is 0 Å². The van der Waals surface area contributed by atoms with Crippen LogP contribution in [-0.4, -0.2) is 14.9 Å². The molecule has 2 rings (SSSR count). The molecule has 0 radical (unpaired) electrons. The predicted molar refractivity (Wildman–Crippen MR) is 69.1 cm³/mol. The third kappa shape index (κ3) is 2.95. The smallest absolute Gasteiger partial charge is 0.282 e. The maximum absolute atomic E-state index is 10.8. The zero-order valence-corrected chi connectivity index (χ0v) is 10.1. The van der Waals surface area contributed by atoms with Gasteiger partial charge in [-0.05, 0) is 6.07 Å². The van der Waals surface area contributed by atoms with Gasteiger partial charge in [0.15, 0.2) is 0 Å². The zero-order valence-electron chi connectivity index (χ0n) is 9.31. The lowest BCUT2D eigenvalue weighted by atomic mass is 10.3. The van der Waals surface area contributed by atoms with Crippen LogP contribution in [0, 0.1) is 10.1 Å². The second-order valence-electron chi connectivity index (χ2n) is 3.45. The van der Waals surface area contributed by atoms with Gasteiger partial charge < -0.3 is 5.73 Å². The first kappa shape index (κ1) is 12.3. The fourth-order valence-electron chi connectivity index (χ4n) is 1.32. The minimum Gasteiger partial charge on any atom is -0.382 e. The van der Waals surface area contributed by atoms with Gasteiger partial charge >= 0.3 is 0 Å². The molecule has 1 heterocycles. The van der Waals surface area contributed by atoms with Gasteiger partial charge in [0, 0.05) is 11.8 Å². The van der Waals surface area contributed by atoms with Crippen molar-refractivity contribution in [2.75, 3.05) is 5.73 Å². The molecule has 2 N–H and O–H groups in total. The van der Waals surface area contributed by atoms with Crippen LogP contribution in [0.2, 0.25) is 0 Å². The summed E-state index contributed by atoms with van der Waals surface area (Å²) < 4.78 is 0. The van der Waals surface area contributed by atoms with Crippen molar-refractivity contribution in [3.8, 4) is 0 Å². The average molecular weight is 262 g/mol. The number of anilines is 1. The Hall–Kier alpha value is -2.15. The lowest BCUT2D eigenvalue weighted by Gasteiger charge is -2.02. The summed E-state index contributed by atoms with van der Waals surface area (Å²) in [4.78, 5) is 19.1. The number of nitrogens with two attached hydrogens (primary N) is 1. The van der Waals surface area contributed by atoms with E-state index in [1.54, 1.807) is 24.4 Å². The van der Waals surface area contributed by atoms with Gasteiger partial charge in [0.2, 0.25) is 0 Å². The molecule has 0 saturated heterocycles. The summed E-state index contributed by atoms with van der Waals surface area (Å²) in [7, 11) is 0. The first-order valence-electron chi connectivity index (χ1n) is 5.09. The number of benzene rings is 1. The van der Waals surface area contributed by atoms with Crippen LogP contribution in [0.15, 0.2) is 41.6 Å². The Balaban J connectivity index is 2.10. The number of nitro groups is 1. The summed E-state index contributed by atoms with van der Waals surface area (Å²) in [5.41, 5.74) is 6.26. The fourth-order valence-corrected chi connectivity index (χ4v) is 2.24. The molecular weight excluding hydrogens is 252 g/mol. The van der Waals surface area contributed by atoms with Crippen LogP contribution in [0.25, 0.3) is 0 Å². The largest absolute Gasteiger partial charge is 0.382 e. The Bertz CT molecular complexity index is 559. The molecule has 92 valence electrons. The number of para-hydroxylation sites is 1. The number of hydrogen-bond acceptors (Lipinski definition) is 6. The number of rotatable bonds is 4. The highest BCUT2D eigenvalue weighted by Gasteiger charge is 2.12. The number of hydrogen-bond donors (Lipinski definition) is 1. The number of nitrogen functional groups attached to an aromatic ring is 1. The fraction of sp³-hybridized carbons (Fsp3) is 0.0909. The highest BCUT2D eigenvalue weighted by Crippen LogP contribution is 2.30. The first-order valence-corrected chi connectivity index (χ1v) is 6.08. The van der Waals surface area contributed by atoms with Crippen molar-refractivity contribution >= 4 is 23.3 Å². The SMILES string of the molecule is Nc1cnc(CSc2ccccc2[N+](=O)[O-])cn1. The van der Waals surface area contributed by atoms with E-state index in [9.17, 15) is 10.1 Å². The monoisotopic (exact) mass is 262 g/mol. The van der Waals surface area contributed by atoms with Crippen molar-refractivity contribution in [2.45, 2.75) is 10.6 Å². The number of aromatic nitrogens is 2. The van der Waals surface area contributed by atoms with E-state index in [0.717, 1.165) is 5.69 Å². The quantitative estimate of drug-likeness (QED) is 0.516. The van der Waals surface area contributed by atoms with Crippen molar-refractivity contribution in [3.05, 3.63) is 52.5 Å². The molecule has 1 aromatic carbocycles. The van der Waals surface area contributed by atoms with E-state index in [0.29, 0.717) is 16.5 Å². The van der Waals surface area contributed by atoms with Gasteiger partial charge in [-0.1, -0.05) is 12.1 Å². The predicted octanol–water partition coefficient (Wildman–Crippen LogP) is 2.26. The van der Waals surface area contributed by atoms with Gasteiger partial charge in [0.05, 0.1) is 27.9 Å². The molecule has 0 fully saturated rings. The molecule has 6 nitrogen and oxygen atoms in total. The van der Waals surface area contributed by atoms with Gasteiger partial charge in [-0.15, -0.1) is 11.8 Å². The van der Waals surface area contributed by atoms with E-state index in [1.165, 1.54) is 24.0 Å². The summed E-state index contributed by atoms with van der Waals surface area (Å²) in [6.45, 7) is 0. The van der Waals surface area contributed by atoms with Crippen LogP contribution in [-0.2, 0) is 5.75 Å². The van der Waals surface area contributed by atoms with Gasteiger partial charge in [0.25, 0.3) is 5.69 Å².